The quantitative estimate of drug-likeness (QED) is 0.611. The topological polar surface area (TPSA) is 38.3 Å². The lowest BCUT2D eigenvalue weighted by molar-refractivity contribution is -0.116. The van der Waals surface area contributed by atoms with Gasteiger partial charge in [-0.05, 0) is 54.4 Å². The second kappa shape index (κ2) is 8.99. The van der Waals surface area contributed by atoms with Crippen LogP contribution in [0, 0.1) is 5.82 Å². The molecule has 3 nitrogen and oxygen atoms in total. The van der Waals surface area contributed by atoms with Crippen molar-refractivity contribution in [3.05, 3.63) is 95.8 Å². The van der Waals surface area contributed by atoms with E-state index in [0.717, 1.165) is 22.6 Å². The first-order valence-electron chi connectivity index (χ1n) is 8.99. The van der Waals surface area contributed by atoms with Gasteiger partial charge in [0.2, 0.25) is 5.91 Å². The molecule has 0 aliphatic carbocycles. The lowest BCUT2D eigenvalue weighted by Crippen LogP contribution is -2.16. The second-order valence-corrected chi connectivity index (χ2v) is 6.22. The summed E-state index contributed by atoms with van der Waals surface area (Å²) in [5.41, 5.74) is 2.64. The largest absolute Gasteiger partial charge is 0.494 e. The molecule has 3 aromatic rings. The first kappa shape index (κ1) is 18.6. The van der Waals surface area contributed by atoms with E-state index in [4.69, 9.17) is 4.74 Å². The van der Waals surface area contributed by atoms with Crippen molar-refractivity contribution in [3.8, 4) is 5.75 Å². The van der Waals surface area contributed by atoms with E-state index in [1.165, 1.54) is 12.1 Å². The summed E-state index contributed by atoms with van der Waals surface area (Å²) in [4.78, 5) is 12.6. The van der Waals surface area contributed by atoms with Crippen LogP contribution >= 0.6 is 0 Å². The summed E-state index contributed by atoms with van der Waals surface area (Å²) in [5, 5.41) is 2.92. The van der Waals surface area contributed by atoms with Crippen LogP contribution in [-0.4, -0.2) is 12.5 Å². The normalized spacial score (nSPS) is 11.6. The van der Waals surface area contributed by atoms with E-state index in [2.05, 4.69) is 5.32 Å². The minimum absolute atomic E-state index is 0.0997. The lowest BCUT2D eigenvalue weighted by Gasteiger charge is -2.18. The monoisotopic (exact) mass is 363 g/mol. The summed E-state index contributed by atoms with van der Waals surface area (Å²) in [6.45, 7) is 2.52. The van der Waals surface area contributed by atoms with Crippen LogP contribution in [0.5, 0.6) is 5.75 Å². The molecule has 3 rings (SSSR count). The Hall–Kier alpha value is -3.14. The molecule has 0 spiro atoms. The van der Waals surface area contributed by atoms with Gasteiger partial charge in [-0.15, -0.1) is 0 Å². The predicted octanol–water partition coefficient (Wildman–Crippen LogP) is 5.39. The molecule has 4 heteroatoms. The van der Waals surface area contributed by atoms with Crippen LogP contribution < -0.4 is 10.1 Å². The highest BCUT2D eigenvalue weighted by molar-refractivity contribution is 5.91. The number of anilines is 1. The van der Waals surface area contributed by atoms with Gasteiger partial charge in [0.25, 0.3) is 0 Å². The molecular formula is C23H22FNO2. The third-order valence-electron chi connectivity index (χ3n) is 4.31. The molecule has 0 aliphatic heterocycles. The number of amides is 1. The number of carbonyl (C=O) groups is 1. The zero-order valence-electron chi connectivity index (χ0n) is 15.2. The number of rotatable bonds is 7. The fraction of sp³-hybridized carbons (Fsp3) is 0.174. The van der Waals surface area contributed by atoms with E-state index in [-0.39, 0.29) is 24.1 Å². The fourth-order valence-electron chi connectivity index (χ4n) is 3.01. The van der Waals surface area contributed by atoms with Crippen molar-refractivity contribution in [2.24, 2.45) is 0 Å². The van der Waals surface area contributed by atoms with Gasteiger partial charge in [0.05, 0.1) is 6.61 Å². The molecule has 0 aliphatic rings. The van der Waals surface area contributed by atoms with Crippen LogP contribution in [0.3, 0.4) is 0 Å². The number of halogens is 1. The summed E-state index contributed by atoms with van der Waals surface area (Å²) in [5.74, 6) is 0.236. The van der Waals surface area contributed by atoms with Gasteiger partial charge >= 0.3 is 0 Å². The van der Waals surface area contributed by atoms with Crippen LogP contribution in [0.15, 0.2) is 78.9 Å². The van der Waals surface area contributed by atoms with Gasteiger partial charge in [0.15, 0.2) is 0 Å². The third kappa shape index (κ3) is 5.17. The zero-order valence-corrected chi connectivity index (χ0v) is 15.2. The summed E-state index contributed by atoms with van der Waals surface area (Å²) < 4.78 is 18.7. The van der Waals surface area contributed by atoms with E-state index in [1.807, 2.05) is 61.5 Å². The third-order valence-corrected chi connectivity index (χ3v) is 4.31. The molecule has 0 saturated heterocycles. The van der Waals surface area contributed by atoms with Crippen molar-refractivity contribution < 1.29 is 13.9 Å². The molecule has 0 aromatic heterocycles. The van der Waals surface area contributed by atoms with Crippen LogP contribution in [0.25, 0.3) is 0 Å². The van der Waals surface area contributed by atoms with E-state index < -0.39 is 0 Å². The number of ether oxygens (including phenoxy) is 1. The molecule has 1 amide bonds. The average Bonchev–Trinajstić information content (AvgIpc) is 2.69. The summed E-state index contributed by atoms with van der Waals surface area (Å²) >= 11 is 0. The van der Waals surface area contributed by atoms with Crippen molar-refractivity contribution in [1.82, 2.24) is 0 Å². The first-order chi connectivity index (χ1) is 13.2. The Labute approximate surface area is 158 Å². The number of benzene rings is 3. The van der Waals surface area contributed by atoms with E-state index in [9.17, 15) is 9.18 Å². The average molecular weight is 363 g/mol. The minimum atomic E-state index is -0.288. The van der Waals surface area contributed by atoms with Crippen molar-refractivity contribution in [1.29, 1.82) is 0 Å². The van der Waals surface area contributed by atoms with Crippen molar-refractivity contribution in [3.63, 3.8) is 0 Å². The molecule has 0 fully saturated rings. The highest BCUT2D eigenvalue weighted by Crippen LogP contribution is 2.29. The Morgan fingerprint density at radius 3 is 2.19 bits per heavy atom. The van der Waals surface area contributed by atoms with E-state index in [0.29, 0.717) is 6.61 Å². The van der Waals surface area contributed by atoms with Gasteiger partial charge in [-0.25, -0.2) is 4.39 Å². The number of carbonyl (C=O) groups excluding carboxylic acids is 1. The van der Waals surface area contributed by atoms with Gasteiger partial charge in [-0.3, -0.25) is 4.79 Å². The summed E-state index contributed by atoms with van der Waals surface area (Å²) in [7, 11) is 0. The SMILES string of the molecule is CCOc1ccc(NC(=O)C[C@H](c2ccccc2)c2ccc(F)cc2)cc1. The van der Waals surface area contributed by atoms with Crippen molar-refractivity contribution in [2.75, 3.05) is 11.9 Å². The molecule has 3 aromatic carbocycles. The highest BCUT2D eigenvalue weighted by atomic mass is 19.1. The smallest absolute Gasteiger partial charge is 0.225 e. The van der Waals surface area contributed by atoms with Gasteiger partial charge in [0.1, 0.15) is 11.6 Å². The molecule has 0 heterocycles. The van der Waals surface area contributed by atoms with Gasteiger partial charge in [0, 0.05) is 18.0 Å². The second-order valence-electron chi connectivity index (χ2n) is 6.22. The Balaban J connectivity index is 1.75. The number of hydrogen-bond donors (Lipinski definition) is 1. The van der Waals surface area contributed by atoms with Crippen LogP contribution in [0.4, 0.5) is 10.1 Å². The lowest BCUT2D eigenvalue weighted by atomic mass is 9.88. The molecule has 27 heavy (non-hydrogen) atoms. The maximum absolute atomic E-state index is 13.3. The number of nitrogens with one attached hydrogen (secondary N) is 1. The van der Waals surface area contributed by atoms with E-state index >= 15 is 0 Å². The zero-order chi connectivity index (χ0) is 19.1. The van der Waals surface area contributed by atoms with Crippen LogP contribution in [0.2, 0.25) is 0 Å². The van der Waals surface area contributed by atoms with Gasteiger partial charge < -0.3 is 10.1 Å². The maximum Gasteiger partial charge on any atom is 0.225 e. The standard InChI is InChI=1S/C23H22FNO2/c1-2-27-21-14-12-20(13-15-21)25-23(26)16-22(17-6-4-3-5-7-17)18-8-10-19(24)11-9-18/h3-15,22H,2,16H2,1H3,(H,25,26)/t22-/m1/s1. The summed E-state index contributed by atoms with van der Waals surface area (Å²) in [6, 6.07) is 23.4. The Morgan fingerprint density at radius 2 is 1.56 bits per heavy atom. The molecule has 138 valence electrons. The Bertz CT molecular complexity index is 861. The maximum atomic E-state index is 13.3. The highest BCUT2D eigenvalue weighted by Gasteiger charge is 2.18. The predicted molar refractivity (Wildman–Crippen MR) is 106 cm³/mol. The molecule has 0 bridgehead atoms. The fourth-order valence-corrected chi connectivity index (χ4v) is 3.01. The molecule has 0 unspecified atom stereocenters. The van der Waals surface area contributed by atoms with Gasteiger partial charge in [-0.1, -0.05) is 42.5 Å². The van der Waals surface area contributed by atoms with Crippen LogP contribution in [0.1, 0.15) is 30.4 Å². The minimum Gasteiger partial charge on any atom is -0.494 e. The first-order valence-corrected chi connectivity index (χ1v) is 8.99. The number of hydrogen-bond acceptors (Lipinski definition) is 2. The molecule has 1 atom stereocenters. The van der Waals surface area contributed by atoms with Crippen molar-refractivity contribution >= 4 is 11.6 Å². The van der Waals surface area contributed by atoms with Crippen LogP contribution in [-0.2, 0) is 4.79 Å². The van der Waals surface area contributed by atoms with Gasteiger partial charge in [-0.2, -0.15) is 0 Å². The summed E-state index contributed by atoms with van der Waals surface area (Å²) in [6.07, 6.45) is 0.267. The van der Waals surface area contributed by atoms with E-state index in [1.54, 1.807) is 12.1 Å². The molecule has 0 saturated carbocycles. The molecule has 0 radical (unpaired) electrons. The molecule has 1 N–H and O–H groups in total. The molecular weight excluding hydrogens is 341 g/mol. The van der Waals surface area contributed by atoms with Crippen molar-refractivity contribution in [2.45, 2.75) is 19.3 Å². The Kier molecular flexibility index (Phi) is 6.21. The Morgan fingerprint density at radius 1 is 0.926 bits per heavy atom.